The van der Waals surface area contributed by atoms with Gasteiger partial charge in [-0.1, -0.05) is 13.8 Å². The molecular weight excluding hydrogens is 289 g/mol. The van der Waals surface area contributed by atoms with Crippen molar-refractivity contribution in [3.8, 4) is 0 Å². The molecule has 0 bridgehead atoms. The minimum Gasteiger partial charge on any atom is -0.262 e. The van der Waals surface area contributed by atoms with Gasteiger partial charge < -0.3 is 0 Å². The number of hydrogen-bond acceptors (Lipinski definition) is 2. The summed E-state index contributed by atoms with van der Waals surface area (Å²) in [5, 5.41) is 0. The minimum atomic E-state index is -1.18. The summed E-state index contributed by atoms with van der Waals surface area (Å²) >= 11 is 0. The second kappa shape index (κ2) is 5.65. The monoisotopic (exact) mass is 325 g/mol. The molecule has 0 saturated carbocycles. The zero-order valence-electron chi connectivity index (χ0n) is 15.7. The lowest BCUT2D eigenvalue weighted by Gasteiger charge is -2.37. The van der Waals surface area contributed by atoms with Crippen LogP contribution in [0.15, 0.2) is 0 Å². The van der Waals surface area contributed by atoms with Crippen molar-refractivity contribution in [2.24, 2.45) is 5.92 Å². The minimum absolute atomic E-state index is 0.710. The van der Waals surface area contributed by atoms with Crippen molar-refractivity contribution in [1.29, 1.82) is 0 Å². The van der Waals surface area contributed by atoms with E-state index in [0.717, 1.165) is 23.4 Å². The normalized spacial score (nSPS) is 38.3. The first kappa shape index (κ1) is 16.6. The summed E-state index contributed by atoms with van der Waals surface area (Å²) in [6, 6.07) is 1.43. The molecule has 0 radical (unpaired) electrons. The Bertz CT molecular complexity index is 469. The molecule has 1 unspecified atom stereocenters. The number of rotatable bonds is 3. The third kappa shape index (κ3) is 2.14. The lowest BCUT2D eigenvalue weighted by molar-refractivity contribution is -0.550. The second-order valence-electron chi connectivity index (χ2n) is 8.50. The van der Waals surface area contributed by atoms with Crippen molar-refractivity contribution in [2.45, 2.75) is 84.8 Å². The first-order valence-electron chi connectivity index (χ1n) is 9.38. The van der Waals surface area contributed by atoms with Crippen LogP contribution in [0, 0.1) is 5.92 Å². The van der Waals surface area contributed by atoms with Crippen LogP contribution in [-0.2, 0) is 0 Å². The lowest BCUT2D eigenvalue weighted by Crippen LogP contribution is -2.56. The van der Waals surface area contributed by atoms with Gasteiger partial charge in [0.2, 0.25) is 5.78 Å². The molecule has 1 saturated heterocycles. The Labute approximate surface area is 138 Å². The predicted octanol–water partition coefficient (Wildman–Crippen LogP) is 3.90. The van der Waals surface area contributed by atoms with Crippen LogP contribution in [0.3, 0.4) is 0 Å². The fraction of sp³-hybridized carbons (Fsp3) is 0.944. The van der Waals surface area contributed by atoms with Gasteiger partial charge in [-0.3, -0.25) is 4.58 Å². The molecule has 0 aromatic heterocycles. The Kier molecular flexibility index (Phi) is 4.25. The van der Waals surface area contributed by atoms with Gasteiger partial charge in [0.05, 0.1) is 31.0 Å². The molecule has 3 aliphatic heterocycles. The first-order chi connectivity index (χ1) is 10.3. The van der Waals surface area contributed by atoms with E-state index in [1.165, 1.54) is 32.1 Å². The Balaban J connectivity index is 2.16. The standard InChI is InChI=1S/C18H36N3P/c1-13(2)12-22(14(3)4)17(7)20-15(5)8-10-19-11-9-16(6)21(22)18(19)20/h13-17H,8-12H2,1-7H3/q+2/t15-,16-,17+,22?/m0/s1. The molecular formula is C18H36N3P+2. The summed E-state index contributed by atoms with van der Waals surface area (Å²) in [7, 11) is -1.18. The molecule has 0 amide bonds. The van der Waals surface area contributed by atoms with Gasteiger partial charge >= 0.3 is 5.96 Å². The van der Waals surface area contributed by atoms with Crippen LogP contribution in [0.2, 0.25) is 0 Å². The van der Waals surface area contributed by atoms with Crippen molar-refractivity contribution in [1.82, 2.24) is 9.57 Å². The van der Waals surface area contributed by atoms with E-state index in [0.29, 0.717) is 6.04 Å². The highest BCUT2D eigenvalue weighted by molar-refractivity contribution is 7.76. The van der Waals surface area contributed by atoms with E-state index in [2.05, 4.69) is 62.6 Å². The van der Waals surface area contributed by atoms with Gasteiger partial charge in [-0.05, 0) is 33.6 Å². The van der Waals surface area contributed by atoms with Crippen LogP contribution in [0.1, 0.15) is 61.3 Å². The summed E-state index contributed by atoms with van der Waals surface area (Å²) in [6.45, 7) is 19.9. The van der Waals surface area contributed by atoms with E-state index in [4.69, 9.17) is 0 Å². The van der Waals surface area contributed by atoms with E-state index >= 15 is 0 Å². The van der Waals surface area contributed by atoms with Gasteiger partial charge in [-0.25, -0.2) is 4.90 Å². The summed E-state index contributed by atoms with van der Waals surface area (Å²) in [6.07, 6.45) is 4.08. The Morgan fingerprint density at radius 2 is 1.64 bits per heavy atom. The third-order valence-electron chi connectivity index (χ3n) is 6.25. The molecule has 3 rings (SSSR count). The van der Waals surface area contributed by atoms with Crippen molar-refractivity contribution in [3.05, 3.63) is 0 Å². The van der Waals surface area contributed by atoms with Crippen molar-refractivity contribution < 1.29 is 4.58 Å². The quantitative estimate of drug-likeness (QED) is 0.575. The van der Waals surface area contributed by atoms with Crippen LogP contribution in [0.5, 0.6) is 0 Å². The van der Waals surface area contributed by atoms with E-state index in [1.807, 2.05) is 0 Å². The first-order valence-corrected chi connectivity index (χ1v) is 11.4. The van der Waals surface area contributed by atoms with Gasteiger partial charge in [0.1, 0.15) is 6.04 Å². The zero-order valence-corrected chi connectivity index (χ0v) is 16.6. The van der Waals surface area contributed by atoms with E-state index in [-0.39, 0.29) is 0 Å². The van der Waals surface area contributed by atoms with Crippen molar-refractivity contribution >= 4 is 13.4 Å². The summed E-state index contributed by atoms with van der Waals surface area (Å²) < 4.78 is 5.68. The highest BCUT2D eigenvalue weighted by Gasteiger charge is 2.72. The molecule has 0 aliphatic carbocycles. The summed E-state index contributed by atoms with van der Waals surface area (Å²) in [5.74, 6) is 3.13. The fourth-order valence-electron chi connectivity index (χ4n) is 5.26. The summed E-state index contributed by atoms with van der Waals surface area (Å²) in [5.41, 5.74) is 0.789. The maximum absolute atomic E-state index is 2.97. The molecule has 4 heteroatoms. The molecule has 0 aromatic rings. The maximum Gasteiger partial charge on any atom is 0.389 e. The van der Waals surface area contributed by atoms with Crippen LogP contribution in [0.4, 0.5) is 0 Å². The summed E-state index contributed by atoms with van der Waals surface area (Å²) in [4.78, 5) is 2.83. The number of nitrogens with zero attached hydrogens (tertiary/aromatic N) is 3. The third-order valence-corrected chi connectivity index (χ3v) is 12.3. The van der Waals surface area contributed by atoms with Crippen LogP contribution in [-0.4, -0.2) is 62.9 Å². The Morgan fingerprint density at radius 3 is 2.18 bits per heavy atom. The average Bonchev–Trinajstić information content (AvgIpc) is 2.69. The largest absolute Gasteiger partial charge is 0.389 e. The molecule has 3 heterocycles. The van der Waals surface area contributed by atoms with E-state index in [9.17, 15) is 0 Å². The second-order valence-corrected chi connectivity index (χ2v) is 12.9. The highest BCUT2D eigenvalue weighted by Crippen LogP contribution is 2.75. The lowest BCUT2D eigenvalue weighted by atomic mass is 10.1. The van der Waals surface area contributed by atoms with Crippen LogP contribution >= 0.6 is 7.41 Å². The molecule has 126 valence electrons. The molecule has 22 heavy (non-hydrogen) atoms. The number of guanidine groups is 1. The molecule has 0 aromatic carbocycles. The SMILES string of the molecule is CC(C)C[P+]1(C(C)C)[C@H](C)N2C3=[N+](CC[C@@H]2C)CC[C@H](C)N31. The Hall–Kier alpha value is -0.300. The van der Waals surface area contributed by atoms with Gasteiger partial charge in [0, 0.05) is 19.8 Å². The molecule has 3 aliphatic rings. The fourth-order valence-corrected chi connectivity index (χ4v) is 11.2. The van der Waals surface area contributed by atoms with Gasteiger partial charge in [-0.15, -0.1) is 4.67 Å². The van der Waals surface area contributed by atoms with Gasteiger partial charge in [0.25, 0.3) is 0 Å². The Morgan fingerprint density at radius 1 is 1.05 bits per heavy atom. The van der Waals surface area contributed by atoms with Gasteiger partial charge in [0.15, 0.2) is 7.41 Å². The molecule has 4 atom stereocenters. The topological polar surface area (TPSA) is 9.49 Å². The molecule has 0 spiro atoms. The average molecular weight is 325 g/mol. The molecule has 1 fully saturated rings. The predicted molar refractivity (Wildman–Crippen MR) is 98.1 cm³/mol. The maximum atomic E-state index is 2.97. The number of hydrogen-bond donors (Lipinski definition) is 0. The zero-order chi connectivity index (χ0) is 16.2. The van der Waals surface area contributed by atoms with Crippen LogP contribution in [0.25, 0.3) is 0 Å². The van der Waals surface area contributed by atoms with Crippen molar-refractivity contribution in [2.75, 3.05) is 19.3 Å². The smallest absolute Gasteiger partial charge is 0.262 e. The van der Waals surface area contributed by atoms with Crippen LogP contribution < -0.4 is 0 Å². The van der Waals surface area contributed by atoms with Gasteiger partial charge in [-0.2, -0.15) is 0 Å². The molecule has 0 N–H and O–H groups in total. The van der Waals surface area contributed by atoms with E-state index < -0.39 is 7.41 Å². The molecule has 3 nitrogen and oxygen atoms in total. The van der Waals surface area contributed by atoms with Crippen molar-refractivity contribution in [3.63, 3.8) is 0 Å². The highest BCUT2D eigenvalue weighted by atomic mass is 31.2. The van der Waals surface area contributed by atoms with E-state index in [1.54, 1.807) is 5.96 Å².